The van der Waals surface area contributed by atoms with Gasteiger partial charge in [-0.05, 0) is 25.0 Å². The van der Waals surface area contributed by atoms with Crippen molar-refractivity contribution < 1.29 is 13.2 Å². The third-order valence-electron chi connectivity index (χ3n) is 3.04. The van der Waals surface area contributed by atoms with E-state index < -0.39 is 10.2 Å². The van der Waals surface area contributed by atoms with Crippen molar-refractivity contribution in [3.63, 3.8) is 0 Å². The number of nitriles is 1. The van der Waals surface area contributed by atoms with E-state index in [1.54, 1.807) is 24.3 Å². The van der Waals surface area contributed by atoms with E-state index in [9.17, 15) is 8.42 Å². The topological polar surface area (TPSA) is 82.4 Å². The van der Waals surface area contributed by atoms with Gasteiger partial charge in [0, 0.05) is 19.2 Å². The van der Waals surface area contributed by atoms with E-state index in [1.165, 1.54) is 4.31 Å². The van der Waals surface area contributed by atoms with Crippen LogP contribution in [0.4, 0.5) is 5.69 Å². The van der Waals surface area contributed by atoms with Crippen LogP contribution in [-0.2, 0) is 10.2 Å². The van der Waals surface area contributed by atoms with Crippen molar-refractivity contribution in [1.82, 2.24) is 4.31 Å². The first-order valence-electron chi connectivity index (χ1n) is 6.49. The summed E-state index contributed by atoms with van der Waals surface area (Å²) in [5.41, 5.74) is 0.436. The van der Waals surface area contributed by atoms with Crippen LogP contribution in [0.25, 0.3) is 0 Å². The number of nitrogens with zero attached hydrogens (tertiary/aromatic N) is 2. The number of rotatable bonds is 5. The number of hydrogen-bond donors (Lipinski definition) is 1. The molecule has 1 N–H and O–H groups in total. The summed E-state index contributed by atoms with van der Waals surface area (Å²) in [7, 11) is -3.51. The molecule has 108 valence electrons. The Labute approximate surface area is 119 Å². The van der Waals surface area contributed by atoms with Crippen LogP contribution in [0.15, 0.2) is 24.3 Å². The lowest BCUT2D eigenvalue weighted by Gasteiger charge is -2.26. The van der Waals surface area contributed by atoms with Gasteiger partial charge in [0.1, 0.15) is 11.8 Å². The molecule has 0 aliphatic carbocycles. The fraction of sp³-hybridized carbons (Fsp3) is 0.462. The highest BCUT2D eigenvalue weighted by Gasteiger charge is 2.23. The molecular formula is C13H17N3O3S. The highest BCUT2D eigenvalue weighted by molar-refractivity contribution is 7.90. The summed E-state index contributed by atoms with van der Waals surface area (Å²) in [6.07, 6.45) is 2.86. The first-order valence-corrected chi connectivity index (χ1v) is 7.93. The van der Waals surface area contributed by atoms with Crippen LogP contribution in [0, 0.1) is 11.3 Å². The Morgan fingerprint density at radius 1 is 1.30 bits per heavy atom. The molecule has 7 heteroatoms. The molecule has 0 radical (unpaired) electrons. The molecule has 0 aromatic heterocycles. The first kappa shape index (κ1) is 14.6. The van der Waals surface area contributed by atoms with E-state index >= 15 is 0 Å². The van der Waals surface area contributed by atoms with Crippen LogP contribution < -0.4 is 9.46 Å². The maximum Gasteiger partial charge on any atom is 0.301 e. The number of piperidine rings is 1. The lowest BCUT2D eigenvalue weighted by molar-refractivity contribution is 0.349. The Morgan fingerprint density at radius 3 is 2.75 bits per heavy atom. The predicted octanol–water partition coefficient (Wildman–Crippen LogP) is 1.73. The Hall–Kier alpha value is -1.78. The largest absolute Gasteiger partial charge is 0.479 e. The maximum absolute atomic E-state index is 12.2. The average molecular weight is 295 g/mol. The molecule has 0 bridgehead atoms. The van der Waals surface area contributed by atoms with Gasteiger partial charge in [0.2, 0.25) is 0 Å². The molecule has 1 aromatic carbocycles. The number of ether oxygens (including phenoxy) is 1. The summed E-state index contributed by atoms with van der Waals surface area (Å²) in [5.74, 6) is 0.463. The molecule has 1 heterocycles. The van der Waals surface area contributed by atoms with Crippen molar-refractivity contribution in [2.45, 2.75) is 19.3 Å². The summed E-state index contributed by atoms with van der Waals surface area (Å²) >= 11 is 0. The minimum absolute atomic E-state index is 0.0671. The minimum atomic E-state index is -3.51. The Kier molecular flexibility index (Phi) is 4.82. The number of anilines is 1. The molecule has 0 atom stereocenters. The first-order chi connectivity index (χ1) is 9.62. The van der Waals surface area contributed by atoms with Gasteiger partial charge in [-0.15, -0.1) is 0 Å². The standard InChI is InChI=1S/C13H17N3O3S/c14-7-10-19-13-6-4-5-12(11-13)15-20(17,18)16-8-2-1-3-9-16/h4-6,11,15H,1-3,8-10H2. The predicted molar refractivity (Wildman–Crippen MR) is 75.5 cm³/mol. The smallest absolute Gasteiger partial charge is 0.301 e. The maximum atomic E-state index is 12.2. The third-order valence-corrected chi connectivity index (χ3v) is 4.58. The van der Waals surface area contributed by atoms with Gasteiger partial charge < -0.3 is 4.74 Å². The van der Waals surface area contributed by atoms with Crippen LogP contribution in [0.2, 0.25) is 0 Å². The lowest BCUT2D eigenvalue weighted by atomic mass is 10.2. The molecule has 6 nitrogen and oxygen atoms in total. The van der Waals surface area contributed by atoms with Crippen LogP contribution in [0.1, 0.15) is 19.3 Å². The molecule has 20 heavy (non-hydrogen) atoms. The molecular weight excluding hydrogens is 278 g/mol. The van der Waals surface area contributed by atoms with Crippen molar-refractivity contribution in [2.24, 2.45) is 0 Å². The van der Waals surface area contributed by atoms with Crippen LogP contribution in [0.5, 0.6) is 5.75 Å². The Balaban J connectivity index is 2.06. The van der Waals surface area contributed by atoms with Gasteiger partial charge in [-0.1, -0.05) is 12.5 Å². The van der Waals surface area contributed by atoms with E-state index in [0.717, 1.165) is 19.3 Å². The van der Waals surface area contributed by atoms with Crippen molar-refractivity contribution in [3.05, 3.63) is 24.3 Å². The van der Waals surface area contributed by atoms with E-state index in [2.05, 4.69) is 4.72 Å². The zero-order valence-electron chi connectivity index (χ0n) is 11.1. The molecule has 0 saturated carbocycles. The molecule has 0 amide bonds. The Bertz CT molecular complexity index is 589. The molecule has 2 rings (SSSR count). The van der Waals surface area contributed by atoms with Crippen LogP contribution in [-0.4, -0.2) is 32.4 Å². The van der Waals surface area contributed by atoms with Crippen LogP contribution >= 0.6 is 0 Å². The van der Waals surface area contributed by atoms with Gasteiger partial charge in [0.05, 0.1) is 5.69 Å². The van der Waals surface area contributed by atoms with Gasteiger partial charge in [0.25, 0.3) is 0 Å². The van der Waals surface area contributed by atoms with Crippen molar-refractivity contribution >= 4 is 15.9 Å². The van der Waals surface area contributed by atoms with Gasteiger partial charge in [-0.25, -0.2) is 0 Å². The molecule has 0 spiro atoms. The summed E-state index contributed by atoms with van der Waals surface area (Å²) < 4.78 is 33.5. The fourth-order valence-electron chi connectivity index (χ4n) is 2.08. The van der Waals surface area contributed by atoms with Crippen molar-refractivity contribution in [3.8, 4) is 11.8 Å². The second-order valence-corrected chi connectivity index (χ2v) is 6.21. The summed E-state index contributed by atoms with van der Waals surface area (Å²) in [5, 5.41) is 8.46. The summed E-state index contributed by atoms with van der Waals surface area (Å²) in [4.78, 5) is 0. The van der Waals surface area contributed by atoms with E-state index in [0.29, 0.717) is 24.5 Å². The van der Waals surface area contributed by atoms with Gasteiger partial charge in [-0.3, -0.25) is 4.72 Å². The van der Waals surface area contributed by atoms with Crippen molar-refractivity contribution in [1.29, 1.82) is 5.26 Å². The molecule has 1 saturated heterocycles. The summed E-state index contributed by atoms with van der Waals surface area (Å²) in [6.45, 7) is 1.04. The normalized spacial score (nSPS) is 16.4. The molecule has 1 aliphatic rings. The van der Waals surface area contributed by atoms with E-state index in [1.807, 2.05) is 6.07 Å². The highest BCUT2D eigenvalue weighted by Crippen LogP contribution is 2.20. The molecule has 1 fully saturated rings. The second-order valence-electron chi connectivity index (χ2n) is 4.54. The molecule has 1 aliphatic heterocycles. The fourth-order valence-corrected chi connectivity index (χ4v) is 3.38. The minimum Gasteiger partial charge on any atom is -0.479 e. The number of hydrogen-bond acceptors (Lipinski definition) is 4. The van der Waals surface area contributed by atoms with Gasteiger partial charge >= 0.3 is 10.2 Å². The quantitative estimate of drug-likeness (QED) is 0.896. The molecule has 1 aromatic rings. The zero-order chi connectivity index (χ0) is 14.4. The van der Waals surface area contributed by atoms with Gasteiger partial charge in [-0.2, -0.15) is 18.0 Å². The Morgan fingerprint density at radius 2 is 2.05 bits per heavy atom. The van der Waals surface area contributed by atoms with Crippen LogP contribution in [0.3, 0.4) is 0 Å². The highest BCUT2D eigenvalue weighted by atomic mass is 32.2. The SMILES string of the molecule is N#CCOc1cccc(NS(=O)(=O)N2CCCCC2)c1. The molecule has 0 unspecified atom stereocenters. The van der Waals surface area contributed by atoms with E-state index in [-0.39, 0.29) is 6.61 Å². The monoisotopic (exact) mass is 295 g/mol. The third kappa shape index (κ3) is 3.85. The van der Waals surface area contributed by atoms with Crippen molar-refractivity contribution in [2.75, 3.05) is 24.4 Å². The number of benzene rings is 1. The zero-order valence-corrected chi connectivity index (χ0v) is 11.9. The van der Waals surface area contributed by atoms with Gasteiger partial charge in [0.15, 0.2) is 6.61 Å². The van der Waals surface area contributed by atoms with E-state index in [4.69, 9.17) is 10.00 Å². The average Bonchev–Trinajstić information content (AvgIpc) is 2.46. The summed E-state index contributed by atoms with van der Waals surface area (Å²) in [6, 6.07) is 8.45. The second kappa shape index (κ2) is 6.59. The lowest BCUT2D eigenvalue weighted by Crippen LogP contribution is -2.39. The number of nitrogens with one attached hydrogen (secondary N) is 1.